The Balaban J connectivity index is 2.75. The predicted molar refractivity (Wildman–Crippen MR) is 85.8 cm³/mol. The van der Waals surface area contributed by atoms with Gasteiger partial charge in [0, 0.05) is 18.8 Å². The maximum absolute atomic E-state index is 11.1. The minimum Gasteiger partial charge on any atom is -0.398 e. The Bertz CT molecular complexity index is 752. The van der Waals surface area contributed by atoms with Crippen LogP contribution in [0.3, 0.4) is 0 Å². The number of aromatic amines is 1. The number of aromatic nitrogens is 2. The highest BCUT2D eigenvalue weighted by Gasteiger charge is 2.13. The zero-order chi connectivity index (χ0) is 15.4. The van der Waals surface area contributed by atoms with Crippen LogP contribution in [0.5, 0.6) is 0 Å². The molecule has 0 spiro atoms. The first-order chi connectivity index (χ1) is 10.0. The number of nitrogens with one attached hydrogen (secondary N) is 2. The summed E-state index contributed by atoms with van der Waals surface area (Å²) in [5.41, 5.74) is 13.3. The molecule has 1 aromatic carbocycles. The van der Waals surface area contributed by atoms with Crippen molar-refractivity contribution in [1.29, 1.82) is 0 Å². The number of rotatable bonds is 4. The molecule has 1 aromatic heterocycles. The number of benzene rings is 1. The Kier molecular flexibility index (Phi) is 4.34. The van der Waals surface area contributed by atoms with Gasteiger partial charge in [-0.2, -0.15) is 0 Å². The number of hydrogen-bond acceptors (Lipinski definition) is 5. The number of nitrogens with two attached hydrogens (primary N) is 2. The lowest BCUT2D eigenvalue weighted by Gasteiger charge is -2.12. The van der Waals surface area contributed by atoms with Crippen molar-refractivity contribution in [2.75, 3.05) is 12.4 Å². The predicted octanol–water partition coefficient (Wildman–Crippen LogP) is 1.63. The van der Waals surface area contributed by atoms with E-state index in [9.17, 15) is 4.79 Å². The average molecular weight is 301 g/mol. The second-order valence-corrected chi connectivity index (χ2v) is 4.65. The summed E-state index contributed by atoms with van der Waals surface area (Å²) < 4.78 is 0.284. The number of anilines is 1. The maximum atomic E-state index is 11.1. The molecular weight excluding hydrogens is 286 g/mol. The Labute approximate surface area is 126 Å². The second-order valence-electron chi connectivity index (χ2n) is 4.26. The lowest BCUT2D eigenvalue weighted by atomic mass is 10.0. The van der Waals surface area contributed by atoms with Gasteiger partial charge in [0.1, 0.15) is 4.64 Å². The fraction of sp³-hybridized carbons (Fsp3) is 0.0714. The molecule has 1 amide bonds. The number of H-pyrrole nitrogens is 1. The number of hydrogen-bond donors (Lipinski definition) is 4. The van der Waals surface area contributed by atoms with Crippen LogP contribution in [0.1, 0.15) is 5.56 Å². The number of amides is 1. The van der Waals surface area contributed by atoms with Crippen LogP contribution in [0.15, 0.2) is 36.4 Å². The van der Waals surface area contributed by atoms with E-state index in [1.54, 1.807) is 7.05 Å². The van der Waals surface area contributed by atoms with E-state index in [1.165, 1.54) is 0 Å². The molecule has 1 heterocycles. The second kappa shape index (κ2) is 6.19. The topological polar surface area (TPSA) is 110 Å². The third-order valence-electron chi connectivity index (χ3n) is 2.81. The summed E-state index contributed by atoms with van der Waals surface area (Å²) in [4.78, 5) is 18.3. The SMILES string of the molecule is CNc1nc(=S)c(/C(N)=C/C(N)=O)c(-c2ccccc2)[nH]1. The molecule has 0 saturated heterocycles. The minimum atomic E-state index is -0.640. The highest BCUT2D eigenvalue weighted by molar-refractivity contribution is 7.71. The van der Waals surface area contributed by atoms with Gasteiger partial charge < -0.3 is 21.8 Å². The van der Waals surface area contributed by atoms with Crippen molar-refractivity contribution in [1.82, 2.24) is 9.97 Å². The third kappa shape index (κ3) is 3.26. The van der Waals surface area contributed by atoms with Crippen LogP contribution in [0.4, 0.5) is 5.95 Å². The van der Waals surface area contributed by atoms with Gasteiger partial charge in [-0.25, -0.2) is 4.98 Å². The van der Waals surface area contributed by atoms with Gasteiger partial charge in [0.2, 0.25) is 11.9 Å². The quantitative estimate of drug-likeness (QED) is 0.507. The number of carbonyl (C=O) groups excluding carboxylic acids is 1. The largest absolute Gasteiger partial charge is 0.398 e. The Hall–Kier alpha value is -2.67. The van der Waals surface area contributed by atoms with Crippen molar-refractivity contribution in [3.8, 4) is 11.3 Å². The molecule has 2 rings (SSSR count). The number of primary amides is 1. The molecule has 0 bridgehead atoms. The van der Waals surface area contributed by atoms with Crippen molar-refractivity contribution in [3.63, 3.8) is 0 Å². The molecule has 2 aromatic rings. The summed E-state index contributed by atoms with van der Waals surface area (Å²) in [5.74, 6) is -0.131. The van der Waals surface area contributed by atoms with Crippen LogP contribution in [-0.4, -0.2) is 22.9 Å². The van der Waals surface area contributed by atoms with Crippen LogP contribution in [0.25, 0.3) is 17.0 Å². The zero-order valence-corrected chi connectivity index (χ0v) is 12.2. The fourth-order valence-corrected chi connectivity index (χ4v) is 2.22. The van der Waals surface area contributed by atoms with E-state index in [4.69, 9.17) is 23.7 Å². The van der Waals surface area contributed by atoms with E-state index in [1.807, 2.05) is 30.3 Å². The smallest absolute Gasteiger partial charge is 0.243 e. The molecule has 0 aliphatic rings. The molecule has 0 unspecified atom stereocenters. The summed E-state index contributed by atoms with van der Waals surface area (Å²) >= 11 is 5.28. The molecule has 0 saturated carbocycles. The lowest BCUT2D eigenvalue weighted by Crippen LogP contribution is -2.12. The lowest BCUT2D eigenvalue weighted by molar-refractivity contribution is -0.113. The van der Waals surface area contributed by atoms with Gasteiger partial charge >= 0.3 is 0 Å². The number of carbonyl (C=O) groups is 1. The standard InChI is InChI=1S/C14H15N5OS/c1-17-14-18-12(8-5-3-2-4-6-8)11(13(21)19-14)9(15)7-10(16)20/h2-7H,15H2,1H3,(H2,16,20)(H2,17,18,19,21)/b9-7-. The minimum absolute atomic E-state index is 0.178. The van der Waals surface area contributed by atoms with Crippen LogP contribution in [0.2, 0.25) is 0 Å². The monoisotopic (exact) mass is 301 g/mol. The molecule has 21 heavy (non-hydrogen) atoms. The Morgan fingerprint density at radius 2 is 2.00 bits per heavy atom. The summed E-state index contributed by atoms with van der Waals surface area (Å²) in [6.45, 7) is 0. The molecule has 0 aliphatic carbocycles. The molecule has 108 valence electrons. The first-order valence-electron chi connectivity index (χ1n) is 6.17. The van der Waals surface area contributed by atoms with Gasteiger partial charge in [-0.05, 0) is 5.56 Å². The van der Waals surface area contributed by atoms with Gasteiger partial charge in [0.25, 0.3) is 0 Å². The third-order valence-corrected chi connectivity index (χ3v) is 3.10. The van der Waals surface area contributed by atoms with E-state index >= 15 is 0 Å². The average Bonchev–Trinajstić information content (AvgIpc) is 2.46. The van der Waals surface area contributed by atoms with Gasteiger partial charge in [-0.15, -0.1) is 0 Å². The Morgan fingerprint density at radius 1 is 1.33 bits per heavy atom. The first-order valence-corrected chi connectivity index (χ1v) is 6.58. The van der Waals surface area contributed by atoms with E-state index in [-0.39, 0.29) is 10.3 Å². The summed E-state index contributed by atoms with van der Waals surface area (Å²) in [6, 6.07) is 9.50. The van der Waals surface area contributed by atoms with Gasteiger partial charge in [-0.3, -0.25) is 4.79 Å². The van der Waals surface area contributed by atoms with E-state index in [2.05, 4.69) is 15.3 Å². The van der Waals surface area contributed by atoms with Crippen molar-refractivity contribution in [2.24, 2.45) is 11.5 Å². The van der Waals surface area contributed by atoms with Crippen molar-refractivity contribution in [3.05, 3.63) is 46.6 Å². The van der Waals surface area contributed by atoms with E-state index < -0.39 is 5.91 Å². The highest BCUT2D eigenvalue weighted by atomic mass is 32.1. The van der Waals surface area contributed by atoms with E-state index in [0.717, 1.165) is 11.6 Å². The van der Waals surface area contributed by atoms with E-state index in [0.29, 0.717) is 17.2 Å². The first kappa shape index (κ1) is 14.7. The highest BCUT2D eigenvalue weighted by Crippen LogP contribution is 2.26. The molecule has 0 aliphatic heterocycles. The van der Waals surface area contributed by atoms with Gasteiger partial charge in [-0.1, -0.05) is 42.5 Å². The van der Waals surface area contributed by atoms with Crippen molar-refractivity contribution in [2.45, 2.75) is 0 Å². The summed E-state index contributed by atoms with van der Waals surface area (Å²) in [5, 5.41) is 2.90. The summed E-state index contributed by atoms with van der Waals surface area (Å²) in [7, 11) is 1.73. The Morgan fingerprint density at radius 3 is 2.57 bits per heavy atom. The molecule has 0 atom stereocenters. The van der Waals surface area contributed by atoms with Gasteiger partial charge in [0.05, 0.1) is 11.3 Å². The molecule has 6 nitrogen and oxygen atoms in total. The normalized spacial score (nSPS) is 11.2. The molecule has 6 N–H and O–H groups in total. The van der Waals surface area contributed by atoms with Gasteiger partial charge in [0.15, 0.2) is 0 Å². The zero-order valence-electron chi connectivity index (χ0n) is 11.4. The fourth-order valence-electron chi connectivity index (χ4n) is 1.91. The van der Waals surface area contributed by atoms with Crippen LogP contribution < -0.4 is 16.8 Å². The van der Waals surface area contributed by atoms with Crippen molar-refractivity contribution < 1.29 is 4.79 Å². The summed E-state index contributed by atoms with van der Waals surface area (Å²) in [6.07, 6.45) is 1.13. The van der Waals surface area contributed by atoms with Crippen LogP contribution in [0, 0.1) is 4.64 Å². The maximum Gasteiger partial charge on any atom is 0.243 e. The molecule has 0 radical (unpaired) electrons. The molecule has 7 heteroatoms. The van der Waals surface area contributed by atoms with Crippen molar-refractivity contribution >= 4 is 29.8 Å². The van der Waals surface area contributed by atoms with Crippen LogP contribution in [-0.2, 0) is 4.79 Å². The van der Waals surface area contributed by atoms with Crippen LogP contribution >= 0.6 is 12.2 Å². The number of nitrogens with zero attached hydrogens (tertiary/aromatic N) is 1. The molecular formula is C14H15N5OS. The molecule has 0 fully saturated rings.